The van der Waals surface area contributed by atoms with E-state index in [4.69, 9.17) is 27.6 Å². The van der Waals surface area contributed by atoms with Gasteiger partial charge in [0.25, 0.3) is 0 Å². The number of nitrogens with one attached hydrogen (secondary N) is 1. The van der Waals surface area contributed by atoms with E-state index in [1.807, 2.05) is 0 Å². The van der Waals surface area contributed by atoms with Crippen molar-refractivity contribution >= 4 is 40.1 Å². The van der Waals surface area contributed by atoms with Crippen molar-refractivity contribution in [1.82, 2.24) is 4.98 Å². The van der Waals surface area contributed by atoms with Gasteiger partial charge in [0.05, 0.1) is 10.5 Å². The monoisotopic (exact) mass is 307 g/mol. The summed E-state index contributed by atoms with van der Waals surface area (Å²) in [5.74, 6) is -0.883. The van der Waals surface area contributed by atoms with Crippen molar-refractivity contribution in [2.45, 2.75) is 0 Å². The van der Waals surface area contributed by atoms with Crippen LogP contribution >= 0.6 is 23.2 Å². The van der Waals surface area contributed by atoms with Gasteiger partial charge in [-0.2, -0.15) is 0 Å². The minimum atomic E-state index is -0.594. The van der Waals surface area contributed by atoms with Crippen LogP contribution in [0, 0.1) is 0 Å². The van der Waals surface area contributed by atoms with Crippen LogP contribution in [0.5, 0.6) is 0 Å². The number of halogens is 2. The van der Waals surface area contributed by atoms with E-state index < -0.39 is 5.76 Å². The number of fused-ring (bicyclic) bond motifs is 1. The summed E-state index contributed by atoms with van der Waals surface area (Å²) in [7, 11) is 0. The van der Waals surface area contributed by atoms with Gasteiger partial charge in [-0.15, -0.1) is 0 Å². The standard InChI is InChI=1S/C14H7Cl2NO3/c15-8-3-1-2-7(4-8)13(18)9-5-12-11(6-10(9)16)17-14(19)20-12/h1-6H,(H,17,19). The van der Waals surface area contributed by atoms with Crippen LogP contribution in [0.2, 0.25) is 10.0 Å². The molecule has 0 bridgehead atoms. The maximum atomic E-state index is 12.4. The Morgan fingerprint density at radius 2 is 1.95 bits per heavy atom. The predicted molar refractivity (Wildman–Crippen MR) is 76.7 cm³/mol. The molecule has 100 valence electrons. The zero-order valence-corrected chi connectivity index (χ0v) is 11.5. The van der Waals surface area contributed by atoms with Crippen LogP contribution in [0.15, 0.2) is 45.6 Å². The summed E-state index contributed by atoms with van der Waals surface area (Å²) in [5, 5.41) is 0.695. The molecule has 1 heterocycles. The number of carbonyl (C=O) groups excluding carboxylic acids is 1. The normalized spacial score (nSPS) is 10.9. The summed E-state index contributed by atoms with van der Waals surface area (Å²) >= 11 is 11.9. The molecule has 1 N–H and O–H groups in total. The predicted octanol–water partition coefficient (Wildman–Crippen LogP) is 3.66. The number of aromatic nitrogens is 1. The summed E-state index contributed by atoms with van der Waals surface area (Å²) < 4.78 is 4.93. The topological polar surface area (TPSA) is 63.1 Å². The zero-order valence-electron chi connectivity index (χ0n) is 9.94. The fraction of sp³-hybridized carbons (Fsp3) is 0. The Labute approximate surface area is 122 Å². The second-order valence-corrected chi connectivity index (χ2v) is 5.03. The highest BCUT2D eigenvalue weighted by Gasteiger charge is 2.16. The van der Waals surface area contributed by atoms with Gasteiger partial charge in [-0.3, -0.25) is 9.78 Å². The molecule has 2 aromatic carbocycles. The molecule has 0 atom stereocenters. The molecule has 0 unspecified atom stereocenters. The Morgan fingerprint density at radius 1 is 1.15 bits per heavy atom. The van der Waals surface area contributed by atoms with Crippen molar-refractivity contribution in [3.05, 3.63) is 68.1 Å². The maximum Gasteiger partial charge on any atom is 0.417 e. The molecule has 3 aromatic rings. The first kappa shape index (κ1) is 13.0. The van der Waals surface area contributed by atoms with Crippen LogP contribution in [0.1, 0.15) is 15.9 Å². The van der Waals surface area contributed by atoms with Crippen LogP contribution in [-0.4, -0.2) is 10.8 Å². The maximum absolute atomic E-state index is 12.4. The molecular formula is C14H7Cl2NO3. The lowest BCUT2D eigenvalue weighted by Gasteiger charge is -2.04. The lowest BCUT2D eigenvalue weighted by molar-refractivity contribution is 0.103. The number of benzene rings is 2. The summed E-state index contributed by atoms with van der Waals surface area (Å²) in [5.41, 5.74) is 1.40. The number of carbonyl (C=O) groups is 1. The molecule has 0 amide bonds. The minimum Gasteiger partial charge on any atom is -0.408 e. The van der Waals surface area contributed by atoms with E-state index >= 15 is 0 Å². The molecular weight excluding hydrogens is 301 g/mol. The van der Waals surface area contributed by atoms with Gasteiger partial charge in [0.15, 0.2) is 11.4 Å². The van der Waals surface area contributed by atoms with E-state index in [0.717, 1.165) is 0 Å². The molecule has 0 saturated heterocycles. The van der Waals surface area contributed by atoms with Crippen molar-refractivity contribution in [2.75, 3.05) is 0 Å². The molecule has 0 aliphatic carbocycles. The molecule has 0 spiro atoms. The Hall–Kier alpha value is -2.04. The van der Waals surface area contributed by atoms with Gasteiger partial charge in [0, 0.05) is 16.1 Å². The first-order valence-electron chi connectivity index (χ1n) is 5.67. The van der Waals surface area contributed by atoms with Crippen molar-refractivity contribution in [3.8, 4) is 0 Å². The van der Waals surface area contributed by atoms with Crippen LogP contribution in [0.4, 0.5) is 0 Å². The molecule has 0 aliphatic heterocycles. The molecule has 20 heavy (non-hydrogen) atoms. The zero-order chi connectivity index (χ0) is 14.3. The summed E-state index contributed by atoms with van der Waals surface area (Å²) in [6.07, 6.45) is 0. The van der Waals surface area contributed by atoms with E-state index in [0.29, 0.717) is 16.1 Å². The highest BCUT2D eigenvalue weighted by Crippen LogP contribution is 2.25. The Kier molecular flexibility index (Phi) is 3.12. The van der Waals surface area contributed by atoms with E-state index in [9.17, 15) is 9.59 Å². The summed E-state index contributed by atoms with van der Waals surface area (Å²) in [6, 6.07) is 9.48. The van der Waals surface area contributed by atoms with Gasteiger partial charge >= 0.3 is 5.76 Å². The third-order valence-electron chi connectivity index (χ3n) is 2.84. The molecule has 0 saturated carbocycles. The summed E-state index contributed by atoms with van der Waals surface area (Å²) in [4.78, 5) is 26.0. The number of aromatic amines is 1. The van der Waals surface area contributed by atoms with Crippen LogP contribution in [0.25, 0.3) is 11.1 Å². The Balaban J connectivity index is 2.16. The van der Waals surface area contributed by atoms with Crippen LogP contribution < -0.4 is 5.76 Å². The van der Waals surface area contributed by atoms with Crippen molar-refractivity contribution < 1.29 is 9.21 Å². The second kappa shape index (κ2) is 4.81. The molecule has 1 aromatic heterocycles. The van der Waals surface area contributed by atoms with Gasteiger partial charge in [-0.1, -0.05) is 35.3 Å². The Bertz CT molecular complexity index is 880. The van der Waals surface area contributed by atoms with Crippen LogP contribution in [0.3, 0.4) is 0 Å². The molecule has 3 rings (SSSR count). The van der Waals surface area contributed by atoms with Gasteiger partial charge in [0.2, 0.25) is 0 Å². The van der Waals surface area contributed by atoms with Crippen molar-refractivity contribution in [2.24, 2.45) is 0 Å². The first-order chi connectivity index (χ1) is 9.54. The number of H-pyrrole nitrogens is 1. The highest BCUT2D eigenvalue weighted by atomic mass is 35.5. The lowest BCUT2D eigenvalue weighted by atomic mass is 10.0. The summed E-state index contributed by atoms with van der Waals surface area (Å²) in [6.45, 7) is 0. The van der Waals surface area contributed by atoms with Gasteiger partial charge in [0.1, 0.15) is 0 Å². The SMILES string of the molecule is O=C(c1cccc(Cl)c1)c1cc2oc(=O)[nH]c2cc1Cl. The third-order valence-corrected chi connectivity index (χ3v) is 3.39. The van der Waals surface area contributed by atoms with E-state index in [1.165, 1.54) is 12.1 Å². The third kappa shape index (κ3) is 2.24. The van der Waals surface area contributed by atoms with E-state index in [2.05, 4.69) is 4.98 Å². The number of hydrogen-bond donors (Lipinski definition) is 1. The molecule has 0 aliphatic rings. The number of rotatable bonds is 2. The fourth-order valence-electron chi connectivity index (χ4n) is 1.93. The highest BCUT2D eigenvalue weighted by molar-refractivity contribution is 6.36. The lowest BCUT2D eigenvalue weighted by Crippen LogP contribution is -2.02. The Morgan fingerprint density at radius 3 is 2.70 bits per heavy atom. The number of oxazole rings is 1. The second-order valence-electron chi connectivity index (χ2n) is 4.18. The van der Waals surface area contributed by atoms with Crippen LogP contribution in [-0.2, 0) is 0 Å². The molecule has 4 nitrogen and oxygen atoms in total. The van der Waals surface area contributed by atoms with Crippen molar-refractivity contribution in [3.63, 3.8) is 0 Å². The average molecular weight is 308 g/mol. The first-order valence-corrected chi connectivity index (χ1v) is 6.43. The number of hydrogen-bond acceptors (Lipinski definition) is 3. The van der Waals surface area contributed by atoms with E-state index in [-0.39, 0.29) is 22.0 Å². The quantitative estimate of drug-likeness (QED) is 0.735. The molecule has 6 heteroatoms. The van der Waals surface area contributed by atoms with Gasteiger partial charge in [-0.05, 0) is 24.3 Å². The van der Waals surface area contributed by atoms with Crippen molar-refractivity contribution in [1.29, 1.82) is 0 Å². The number of ketones is 1. The van der Waals surface area contributed by atoms with E-state index in [1.54, 1.807) is 24.3 Å². The molecule has 0 fully saturated rings. The minimum absolute atomic E-state index is 0.236. The van der Waals surface area contributed by atoms with Gasteiger partial charge < -0.3 is 4.42 Å². The molecule has 0 radical (unpaired) electrons. The smallest absolute Gasteiger partial charge is 0.408 e. The average Bonchev–Trinajstić information content (AvgIpc) is 2.76. The largest absolute Gasteiger partial charge is 0.417 e. The van der Waals surface area contributed by atoms with Gasteiger partial charge in [-0.25, -0.2) is 4.79 Å². The fourth-order valence-corrected chi connectivity index (χ4v) is 2.37.